The van der Waals surface area contributed by atoms with E-state index in [9.17, 15) is 9.59 Å². The van der Waals surface area contributed by atoms with Gasteiger partial charge >= 0.3 is 0 Å². The van der Waals surface area contributed by atoms with Crippen LogP contribution in [0.4, 0.5) is 11.4 Å². The molecule has 7 heteroatoms. The van der Waals surface area contributed by atoms with Crippen molar-refractivity contribution in [1.29, 1.82) is 0 Å². The Hall–Kier alpha value is -1.89. The molecule has 24 heavy (non-hydrogen) atoms. The fraction of sp³-hybridized carbons (Fsp3) is 0.294. The summed E-state index contributed by atoms with van der Waals surface area (Å²) in [7, 11) is 0. The van der Waals surface area contributed by atoms with E-state index in [4.69, 9.17) is 0 Å². The molecule has 3 rings (SSSR count). The van der Waals surface area contributed by atoms with Crippen LogP contribution >= 0.6 is 23.7 Å². The molecule has 0 radical (unpaired) electrons. The molecule has 1 aliphatic carbocycles. The van der Waals surface area contributed by atoms with Crippen molar-refractivity contribution in [3.05, 3.63) is 46.7 Å². The monoisotopic (exact) mass is 365 g/mol. The lowest BCUT2D eigenvalue weighted by Crippen LogP contribution is -2.29. The third kappa shape index (κ3) is 5.63. The first-order valence-corrected chi connectivity index (χ1v) is 8.54. The molecule has 1 aromatic heterocycles. The minimum absolute atomic E-state index is 0. The molecule has 1 saturated carbocycles. The predicted molar refractivity (Wildman–Crippen MR) is 100 cm³/mol. The summed E-state index contributed by atoms with van der Waals surface area (Å²) in [6, 6.07) is 10.7. The predicted octanol–water partition coefficient (Wildman–Crippen LogP) is 3.36. The van der Waals surface area contributed by atoms with Gasteiger partial charge in [0.15, 0.2) is 0 Å². The third-order valence-corrected chi connectivity index (χ3v) is 4.46. The lowest BCUT2D eigenvalue weighted by Gasteiger charge is -2.08. The molecule has 1 fully saturated rings. The average Bonchev–Trinajstić information content (AvgIpc) is 3.19. The molecule has 1 aromatic carbocycles. The Balaban J connectivity index is 0.00000208. The highest BCUT2D eigenvalue weighted by Gasteiger charge is 2.20. The topological polar surface area (TPSA) is 70.2 Å². The van der Waals surface area contributed by atoms with E-state index in [-0.39, 0.29) is 24.2 Å². The first kappa shape index (κ1) is 18.4. The molecule has 5 nitrogen and oxygen atoms in total. The van der Waals surface area contributed by atoms with Crippen LogP contribution in [0, 0.1) is 5.92 Å². The van der Waals surface area contributed by atoms with E-state index in [2.05, 4.69) is 16.0 Å². The van der Waals surface area contributed by atoms with Gasteiger partial charge in [-0.1, -0.05) is 6.07 Å². The van der Waals surface area contributed by atoms with Crippen LogP contribution in [0.5, 0.6) is 0 Å². The van der Waals surface area contributed by atoms with Crippen molar-refractivity contribution >= 4 is 46.9 Å². The van der Waals surface area contributed by atoms with Crippen LogP contribution < -0.4 is 16.0 Å². The number of hydrogen-bond acceptors (Lipinski definition) is 4. The van der Waals surface area contributed by atoms with Crippen LogP contribution in [0.25, 0.3) is 0 Å². The van der Waals surface area contributed by atoms with Gasteiger partial charge in [-0.2, -0.15) is 0 Å². The highest BCUT2D eigenvalue weighted by Crippen LogP contribution is 2.27. The Bertz CT molecular complexity index is 670. The molecule has 0 atom stereocenters. The van der Waals surface area contributed by atoms with Gasteiger partial charge in [-0.25, -0.2) is 0 Å². The normalized spacial score (nSPS) is 13.0. The number of benzene rings is 1. The van der Waals surface area contributed by atoms with Gasteiger partial charge in [0.2, 0.25) is 5.91 Å². The van der Waals surface area contributed by atoms with Gasteiger partial charge < -0.3 is 16.0 Å². The van der Waals surface area contributed by atoms with Crippen LogP contribution in [-0.2, 0) is 4.79 Å². The number of carbonyl (C=O) groups is 2. The van der Waals surface area contributed by atoms with E-state index in [0.29, 0.717) is 17.1 Å². The zero-order valence-electron chi connectivity index (χ0n) is 13.1. The molecular formula is C17H20ClN3O2S. The molecule has 2 amide bonds. The van der Waals surface area contributed by atoms with Crippen molar-refractivity contribution < 1.29 is 9.59 Å². The maximum Gasteiger partial charge on any atom is 0.265 e. The van der Waals surface area contributed by atoms with Crippen molar-refractivity contribution in [2.45, 2.75) is 12.8 Å². The molecule has 0 saturated heterocycles. The van der Waals surface area contributed by atoms with Crippen molar-refractivity contribution in [3.8, 4) is 0 Å². The highest BCUT2D eigenvalue weighted by molar-refractivity contribution is 7.12. The summed E-state index contributed by atoms with van der Waals surface area (Å²) in [6.07, 6.45) is 2.54. The highest BCUT2D eigenvalue weighted by atomic mass is 35.5. The van der Waals surface area contributed by atoms with Crippen LogP contribution in [-0.4, -0.2) is 24.9 Å². The van der Waals surface area contributed by atoms with E-state index < -0.39 is 0 Å². The van der Waals surface area contributed by atoms with Crippen molar-refractivity contribution in [3.63, 3.8) is 0 Å². The second kappa shape index (κ2) is 8.82. The van der Waals surface area contributed by atoms with Crippen molar-refractivity contribution in [2.75, 3.05) is 23.7 Å². The summed E-state index contributed by atoms with van der Waals surface area (Å²) in [6.45, 7) is 1.24. The summed E-state index contributed by atoms with van der Waals surface area (Å²) in [5, 5.41) is 10.7. The Morgan fingerprint density at radius 1 is 1.04 bits per heavy atom. The van der Waals surface area contributed by atoms with Crippen molar-refractivity contribution in [2.24, 2.45) is 5.92 Å². The molecule has 0 aliphatic heterocycles. The summed E-state index contributed by atoms with van der Waals surface area (Å²) in [5.74, 6) is 0.580. The van der Waals surface area contributed by atoms with Gasteiger partial charge in [-0.05, 0) is 61.0 Å². The number of hydrogen-bond donors (Lipinski definition) is 3. The quantitative estimate of drug-likeness (QED) is 0.704. The zero-order valence-corrected chi connectivity index (χ0v) is 14.7. The van der Waals surface area contributed by atoms with Gasteiger partial charge in [0.1, 0.15) is 0 Å². The number of rotatable bonds is 7. The Labute approximate surface area is 151 Å². The number of nitrogens with one attached hydrogen (secondary N) is 3. The number of anilines is 2. The van der Waals surface area contributed by atoms with Crippen molar-refractivity contribution in [1.82, 2.24) is 5.32 Å². The summed E-state index contributed by atoms with van der Waals surface area (Å²) < 4.78 is 0. The van der Waals surface area contributed by atoms with Crippen LogP contribution in [0.3, 0.4) is 0 Å². The van der Waals surface area contributed by atoms with Gasteiger partial charge in [-0.15, -0.1) is 23.7 Å². The van der Waals surface area contributed by atoms with E-state index >= 15 is 0 Å². The zero-order chi connectivity index (χ0) is 16.1. The average molecular weight is 366 g/mol. The number of amides is 2. The van der Waals surface area contributed by atoms with E-state index in [0.717, 1.165) is 18.2 Å². The molecule has 0 bridgehead atoms. The molecular weight excluding hydrogens is 346 g/mol. The summed E-state index contributed by atoms with van der Waals surface area (Å²) >= 11 is 1.40. The second-order valence-electron chi connectivity index (χ2n) is 5.63. The third-order valence-electron chi connectivity index (χ3n) is 3.59. The van der Waals surface area contributed by atoms with E-state index in [1.807, 2.05) is 11.4 Å². The van der Waals surface area contributed by atoms with Gasteiger partial charge in [0, 0.05) is 11.4 Å². The molecule has 1 aliphatic rings. The van der Waals surface area contributed by atoms with Gasteiger partial charge in [-0.3, -0.25) is 9.59 Å². The maximum absolute atomic E-state index is 11.9. The molecule has 0 spiro atoms. The maximum atomic E-state index is 11.9. The largest absolute Gasteiger partial charge is 0.325 e. The Morgan fingerprint density at radius 3 is 2.29 bits per heavy atom. The summed E-state index contributed by atoms with van der Waals surface area (Å²) in [4.78, 5) is 24.4. The second-order valence-corrected chi connectivity index (χ2v) is 6.58. The first-order chi connectivity index (χ1) is 11.2. The fourth-order valence-electron chi connectivity index (χ4n) is 2.15. The standard InChI is InChI=1S/C17H19N3O2S.ClH/c21-16(11-18-10-12-3-4-12)19-13-5-7-14(8-6-13)20-17(22)15-2-1-9-23-15;/h1-2,5-9,12,18H,3-4,10-11H2,(H,19,21)(H,20,22);1H. The lowest BCUT2D eigenvalue weighted by molar-refractivity contribution is -0.115. The van der Waals surface area contributed by atoms with Gasteiger partial charge in [0.05, 0.1) is 11.4 Å². The van der Waals surface area contributed by atoms with E-state index in [1.165, 1.54) is 24.2 Å². The fourth-order valence-corrected chi connectivity index (χ4v) is 2.77. The molecule has 0 unspecified atom stereocenters. The number of halogens is 1. The Morgan fingerprint density at radius 2 is 1.71 bits per heavy atom. The van der Waals surface area contributed by atoms with Crippen LogP contribution in [0.2, 0.25) is 0 Å². The number of thiophene rings is 1. The molecule has 2 aromatic rings. The smallest absolute Gasteiger partial charge is 0.265 e. The van der Waals surface area contributed by atoms with Crippen LogP contribution in [0.15, 0.2) is 41.8 Å². The van der Waals surface area contributed by atoms with Crippen LogP contribution in [0.1, 0.15) is 22.5 Å². The lowest BCUT2D eigenvalue weighted by atomic mass is 10.2. The Kier molecular flexibility index (Phi) is 6.78. The number of carbonyl (C=O) groups excluding carboxylic acids is 2. The summed E-state index contributed by atoms with van der Waals surface area (Å²) in [5.41, 5.74) is 1.42. The first-order valence-electron chi connectivity index (χ1n) is 7.66. The SMILES string of the molecule is Cl.O=C(CNCC1CC1)Nc1ccc(NC(=O)c2cccs2)cc1. The molecule has 128 valence electrons. The minimum atomic E-state index is -0.124. The molecule has 3 N–H and O–H groups in total. The van der Waals surface area contributed by atoms with E-state index in [1.54, 1.807) is 30.3 Å². The minimum Gasteiger partial charge on any atom is -0.325 e. The van der Waals surface area contributed by atoms with Gasteiger partial charge in [0.25, 0.3) is 5.91 Å². The molecule has 1 heterocycles.